The third kappa shape index (κ3) is 4.12. The molecule has 0 atom stereocenters. The molecule has 0 aliphatic rings. The summed E-state index contributed by atoms with van der Waals surface area (Å²) in [5, 5.41) is 4.70. The zero-order valence-electron chi connectivity index (χ0n) is 11.6. The first-order chi connectivity index (χ1) is 10.1. The zero-order valence-corrected chi connectivity index (χ0v) is 13.9. The number of hydrogen-bond acceptors (Lipinski definition) is 4. The largest absolute Gasteiger partial charge is 0.496 e. The monoisotopic (exact) mass is 368 g/mol. The van der Waals surface area contributed by atoms with E-state index >= 15 is 0 Å². The van der Waals surface area contributed by atoms with E-state index in [-0.39, 0.29) is 0 Å². The summed E-state index contributed by atoms with van der Waals surface area (Å²) in [6.45, 7) is 0. The second-order valence-electron chi connectivity index (χ2n) is 4.11. The van der Waals surface area contributed by atoms with Crippen molar-refractivity contribution in [1.82, 2.24) is 0 Å². The van der Waals surface area contributed by atoms with Crippen LogP contribution in [0.2, 0.25) is 5.02 Å². The molecule has 6 heteroatoms. The maximum atomic E-state index is 6.04. The van der Waals surface area contributed by atoms with Crippen LogP contribution in [-0.4, -0.2) is 20.4 Å². The van der Waals surface area contributed by atoms with Crippen molar-refractivity contribution in [1.29, 1.82) is 0 Å². The molecule has 0 spiro atoms. The molecule has 4 nitrogen and oxygen atoms in total. The van der Waals surface area contributed by atoms with Crippen molar-refractivity contribution in [3.8, 4) is 11.5 Å². The van der Waals surface area contributed by atoms with Gasteiger partial charge in [-0.2, -0.15) is 5.10 Å². The fourth-order valence-electron chi connectivity index (χ4n) is 1.68. The molecular weight excluding hydrogens is 356 g/mol. The number of halogens is 2. The van der Waals surface area contributed by atoms with Crippen LogP contribution in [0.1, 0.15) is 5.56 Å². The molecule has 0 amide bonds. The number of rotatable bonds is 5. The number of hydrazone groups is 1. The Hall–Kier alpha value is -1.72. The summed E-state index contributed by atoms with van der Waals surface area (Å²) < 4.78 is 11.1. The lowest BCUT2D eigenvalue weighted by molar-refractivity contribution is 0.412. The van der Waals surface area contributed by atoms with Crippen molar-refractivity contribution in [3.05, 3.63) is 51.5 Å². The van der Waals surface area contributed by atoms with Crippen LogP contribution in [0.4, 0.5) is 5.69 Å². The van der Waals surface area contributed by atoms with Crippen molar-refractivity contribution >= 4 is 39.4 Å². The number of nitrogens with zero attached hydrogens (tertiary/aromatic N) is 1. The first-order valence-electron chi connectivity index (χ1n) is 6.10. The van der Waals surface area contributed by atoms with Crippen molar-refractivity contribution in [2.45, 2.75) is 0 Å². The number of methoxy groups -OCH3 is 2. The van der Waals surface area contributed by atoms with Crippen LogP contribution < -0.4 is 14.9 Å². The third-order valence-electron chi connectivity index (χ3n) is 2.73. The van der Waals surface area contributed by atoms with Gasteiger partial charge in [-0.05, 0) is 57.9 Å². The standard InChI is InChI=1S/C15H14BrClN2O2/c1-20-14-5-3-10(7-12(14)16)9-18-19-11-4-6-15(21-2)13(17)8-11/h3-9,19H,1-2H3/b18-9+. The molecule has 0 aliphatic carbocycles. The molecule has 0 heterocycles. The second-order valence-corrected chi connectivity index (χ2v) is 5.37. The van der Waals surface area contributed by atoms with E-state index in [0.29, 0.717) is 10.8 Å². The molecule has 21 heavy (non-hydrogen) atoms. The average molecular weight is 370 g/mol. The molecular formula is C15H14BrClN2O2. The van der Waals surface area contributed by atoms with E-state index in [2.05, 4.69) is 26.5 Å². The quantitative estimate of drug-likeness (QED) is 0.620. The lowest BCUT2D eigenvalue weighted by Gasteiger charge is -2.05. The van der Waals surface area contributed by atoms with E-state index in [1.165, 1.54) is 0 Å². The predicted octanol–water partition coefficient (Wildman–Crippen LogP) is 4.57. The molecule has 2 rings (SSSR count). The highest BCUT2D eigenvalue weighted by molar-refractivity contribution is 9.10. The first-order valence-corrected chi connectivity index (χ1v) is 7.27. The maximum absolute atomic E-state index is 6.04. The van der Waals surface area contributed by atoms with Crippen molar-refractivity contribution in [2.24, 2.45) is 5.10 Å². The summed E-state index contributed by atoms with van der Waals surface area (Å²) in [5.74, 6) is 1.41. The van der Waals surface area contributed by atoms with E-state index in [1.807, 2.05) is 24.3 Å². The smallest absolute Gasteiger partial charge is 0.137 e. The summed E-state index contributed by atoms with van der Waals surface area (Å²) in [7, 11) is 3.21. The van der Waals surface area contributed by atoms with Crippen LogP contribution in [0.25, 0.3) is 0 Å². The van der Waals surface area contributed by atoms with Gasteiger partial charge < -0.3 is 9.47 Å². The van der Waals surface area contributed by atoms with E-state index < -0.39 is 0 Å². The fourth-order valence-corrected chi connectivity index (χ4v) is 2.50. The van der Waals surface area contributed by atoms with Gasteiger partial charge in [0, 0.05) is 0 Å². The fraction of sp³-hybridized carbons (Fsp3) is 0.133. The summed E-state index contributed by atoms with van der Waals surface area (Å²) in [6, 6.07) is 11.1. The number of nitrogens with one attached hydrogen (secondary N) is 1. The van der Waals surface area contributed by atoms with Crippen LogP contribution >= 0.6 is 27.5 Å². The van der Waals surface area contributed by atoms with E-state index in [1.54, 1.807) is 32.6 Å². The Morgan fingerprint density at radius 3 is 2.43 bits per heavy atom. The number of ether oxygens (including phenoxy) is 2. The molecule has 0 unspecified atom stereocenters. The molecule has 0 aliphatic heterocycles. The van der Waals surface area contributed by atoms with Gasteiger partial charge in [-0.1, -0.05) is 11.6 Å². The highest BCUT2D eigenvalue weighted by Gasteiger charge is 2.01. The number of anilines is 1. The highest BCUT2D eigenvalue weighted by atomic mass is 79.9. The SMILES string of the molecule is COc1ccc(N/N=C/c2ccc(OC)c(Br)c2)cc1Cl. The van der Waals surface area contributed by atoms with Crippen molar-refractivity contribution in [3.63, 3.8) is 0 Å². The summed E-state index contributed by atoms with van der Waals surface area (Å²) in [5.41, 5.74) is 4.64. The Kier molecular flexibility index (Phi) is 5.47. The average Bonchev–Trinajstić information content (AvgIpc) is 2.48. The number of benzene rings is 2. The topological polar surface area (TPSA) is 42.8 Å². The maximum Gasteiger partial charge on any atom is 0.137 e. The van der Waals surface area contributed by atoms with E-state index in [9.17, 15) is 0 Å². The van der Waals surface area contributed by atoms with Crippen LogP contribution in [0.3, 0.4) is 0 Å². The minimum atomic E-state index is 0.532. The summed E-state index contributed by atoms with van der Waals surface area (Å²) >= 11 is 9.47. The van der Waals surface area contributed by atoms with Crippen molar-refractivity contribution < 1.29 is 9.47 Å². The Morgan fingerprint density at radius 1 is 1.10 bits per heavy atom. The molecule has 1 N–H and O–H groups in total. The van der Waals surface area contributed by atoms with Crippen LogP contribution in [0.15, 0.2) is 46.0 Å². The van der Waals surface area contributed by atoms with Gasteiger partial charge in [0.05, 0.1) is 35.6 Å². The Labute approximate surface area is 136 Å². The van der Waals surface area contributed by atoms with Gasteiger partial charge in [-0.3, -0.25) is 5.43 Å². The van der Waals surface area contributed by atoms with Gasteiger partial charge in [-0.25, -0.2) is 0 Å². The highest BCUT2D eigenvalue weighted by Crippen LogP contribution is 2.27. The Morgan fingerprint density at radius 2 is 1.81 bits per heavy atom. The Bertz CT molecular complexity index is 662. The van der Waals surface area contributed by atoms with Crippen LogP contribution in [0.5, 0.6) is 11.5 Å². The molecule has 0 bridgehead atoms. The van der Waals surface area contributed by atoms with Gasteiger partial charge in [0.1, 0.15) is 11.5 Å². The second kappa shape index (κ2) is 7.33. The molecule has 0 saturated carbocycles. The molecule has 2 aromatic carbocycles. The lowest BCUT2D eigenvalue weighted by Crippen LogP contribution is -1.92. The molecule has 0 fully saturated rings. The number of hydrogen-bond donors (Lipinski definition) is 1. The third-order valence-corrected chi connectivity index (χ3v) is 3.65. The minimum absolute atomic E-state index is 0.532. The molecule has 110 valence electrons. The lowest BCUT2D eigenvalue weighted by atomic mass is 10.2. The van der Waals surface area contributed by atoms with E-state index in [0.717, 1.165) is 21.5 Å². The van der Waals surface area contributed by atoms with Crippen molar-refractivity contribution in [2.75, 3.05) is 19.6 Å². The van der Waals surface area contributed by atoms with Gasteiger partial charge in [0.2, 0.25) is 0 Å². The van der Waals surface area contributed by atoms with Gasteiger partial charge in [0.25, 0.3) is 0 Å². The molecule has 0 radical (unpaired) electrons. The van der Waals surface area contributed by atoms with Crippen LogP contribution in [0, 0.1) is 0 Å². The van der Waals surface area contributed by atoms with Gasteiger partial charge in [0.15, 0.2) is 0 Å². The van der Waals surface area contributed by atoms with Gasteiger partial charge in [-0.15, -0.1) is 0 Å². The summed E-state index contributed by atoms with van der Waals surface area (Å²) in [6.07, 6.45) is 1.71. The van der Waals surface area contributed by atoms with Gasteiger partial charge >= 0.3 is 0 Å². The minimum Gasteiger partial charge on any atom is -0.496 e. The molecule has 0 saturated heterocycles. The normalized spacial score (nSPS) is 10.7. The molecule has 2 aromatic rings. The zero-order chi connectivity index (χ0) is 15.2. The predicted molar refractivity (Wildman–Crippen MR) is 89.9 cm³/mol. The van der Waals surface area contributed by atoms with Crippen LogP contribution in [-0.2, 0) is 0 Å². The first kappa shape index (κ1) is 15.7. The molecule has 0 aromatic heterocycles. The Balaban J connectivity index is 2.05. The van der Waals surface area contributed by atoms with E-state index in [4.69, 9.17) is 21.1 Å². The summed E-state index contributed by atoms with van der Waals surface area (Å²) in [4.78, 5) is 0.